The molecule has 1 saturated carbocycles. The van der Waals surface area contributed by atoms with Crippen LogP contribution >= 0.6 is 0 Å². The first kappa shape index (κ1) is 25.8. The van der Waals surface area contributed by atoms with Gasteiger partial charge in [-0.05, 0) is 96.3 Å². The summed E-state index contributed by atoms with van der Waals surface area (Å²) in [7, 11) is -3.57. The standard InChI is InChI=1S/C32H33N3O3S/c1-21-3-2-4-24-6-5-22(15-28(21)24)16-31(36)30-17-29(30)25-7-9-27(10-8-25)39(37,38)20-32-34-18-26(19-35-32)23-11-13-33-14-12-23/h2-10,15,18-19,23,29-30,33H,11-14,16-17,20H2,1H3/t29-,30+/m0/s1. The lowest BCUT2D eigenvalue weighted by Crippen LogP contribution is -2.26. The monoisotopic (exact) mass is 539 g/mol. The van der Waals surface area contributed by atoms with Crippen molar-refractivity contribution in [3.05, 3.63) is 101 Å². The molecule has 2 atom stereocenters. The normalized spacial score (nSPS) is 19.7. The van der Waals surface area contributed by atoms with Gasteiger partial charge in [0.1, 0.15) is 17.4 Å². The van der Waals surface area contributed by atoms with Crippen LogP contribution in [0, 0.1) is 12.8 Å². The molecule has 39 heavy (non-hydrogen) atoms. The molecule has 3 aromatic carbocycles. The first-order valence-electron chi connectivity index (χ1n) is 13.7. The van der Waals surface area contributed by atoms with E-state index in [0.717, 1.165) is 49.0 Å². The number of carbonyl (C=O) groups excluding carboxylic acids is 1. The molecule has 200 valence electrons. The van der Waals surface area contributed by atoms with Crippen LogP contribution in [0.25, 0.3) is 10.8 Å². The molecule has 1 aromatic heterocycles. The summed E-state index contributed by atoms with van der Waals surface area (Å²) in [5.74, 6) is 0.908. The van der Waals surface area contributed by atoms with E-state index in [9.17, 15) is 13.2 Å². The minimum Gasteiger partial charge on any atom is -0.317 e. The maximum atomic E-state index is 13.0. The fourth-order valence-electron chi connectivity index (χ4n) is 5.82. The molecule has 6 nitrogen and oxygen atoms in total. The predicted molar refractivity (Wildman–Crippen MR) is 152 cm³/mol. The summed E-state index contributed by atoms with van der Waals surface area (Å²) in [6.07, 6.45) is 6.89. The zero-order chi connectivity index (χ0) is 27.0. The van der Waals surface area contributed by atoms with E-state index >= 15 is 0 Å². The van der Waals surface area contributed by atoms with Crippen molar-refractivity contribution in [2.75, 3.05) is 13.1 Å². The largest absolute Gasteiger partial charge is 0.317 e. The summed E-state index contributed by atoms with van der Waals surface area (Å²) in [4.78, 5) is 22.0. The Morgan fingerprint density at radius 3 is 2.44 bits per heavy atom. The molecule has 1 saturated heterocycles. The summed E-state index contributed by atoms with van der Waals surface area (Å²) in [6.45, 7) is 4.06. The predicted octanol–water partition coefficient (Wildman–Crippen LogP) is 5.29. The Morgan fingerprint density at radius 2 is 1.69 bits per heavy atom. The van der Waals surface area contributed by atoms with Crippen molar-refractivity contribution in [2.24, 2.45) is 5.92 Å². The highest BCUT2D eigenvalue weighted by molar-refractivity contribution is 7.90. The summed E-state index contributed by atoms with van der Waals surface area (Å²) < 4.78 is 26.1. The summed E-state index contributed by atoms with van der Waals surface area (Å²) in [5, 5.41) is 5.72. The number of hydrogen-bond acceptors (Lipinski definition) is 6. The van der Waals surface area contributed by atoms with Crippen LogP contribution in [0.2, 0.25) is 0 Å². The van der Waals surface area contributed by atoms with Crippen molar-refractivity contribution in [2.45, 2.75) is 55.1 Å². The van der Waals surface area contributed by atoms with E-state index in [1.165, 1.54) is 16.3 Å². The topological polar surface area (TPSA) is 89.0 Å². The fourth-order valence-corrected chi connectivity index (χ4v) is 7.03. The molecule has 2 aliphatic rings. The van der Waals surface area contributed by atoms with Crippen molar-refractivity contribution in [1.29, 1.82) is 0 Å². The lowest BCUT2D eigenvalue weighted by atomic mass is 9.92. The second kappa shape index (κ2) is 10.6. The molecule has 2 fully saturated rings. The molecule has 1 aliphatic carbocycles. The summed E-state index contributed by atoms with van der Waals surface area (Å²) in [5.41, 5.74) is 4.34. The summed E-state index contributed by atoms with van der Waals surface area (Å²) >= 11 is 0. The Bertz CT molecular complexity index is 1610. The average Bonchev–Trinajstić information content (AvgIpc) is 3.76. The van der Waals surface area contributed by atoms with Gasteiger partial charge in [-0.25, -0.2) is 18.4 Å². The van der Waals surface area contributed by atoms with Gasteiger partial charge in [-0.1, -0.05) is 48.5 Å². The van der Waals surface area contributed by atoms with Crippen LogP contribution < -0.4 is 5.32 Å². The quantitative estimate of drug-likeness (QED) is 0.327. The third-order valence-electron chi connectivity index (χ3n) is 8.27. The van der Waals surface area contributed by atoms with E-state index in [1.807, 2.05) is 18.2 Å². The lowest BCUT2D eigenvalue weighted by Gasteiger charge is -2.22. The zero-order valence-corrected chi connectivity index (χ0v) is 23.0. The van der Waals surface area contributed by atoms with Gasteiger partial charge in [-0.3, -0.25) is 4.79 Å². The van der Waals surface area contributed by atoms with E-state index in [0.29, 0.717) is 18.2 Å². The van der Waals surface area contributed by atoms with Crippen LogP contribution in [0.5, 0.6) is 0 Å². The Labute approximate surface area is 229 Å². The fraction of sp³-hybridized carbons (Fsp3) is 0.344. The Kier molecular flexibility index (Phi) is 7.04. The molecule has 6 rings (SSSR count). The number of rotatable bonds is 8. The number of benzene rings is 3. The minimum absolute atomic E-state index is 0.00751. The number of aromatic nitrogens is 2. The highest BCUT2D eigenvalue weighted by atomic mass is 32.2. The average molecular weight is 540 g/mol. The summed E-state index contributed by atoms with van der Waals surface area (Å²) in [6, 6.07) is 19.5. The van der Waals surface area contributed by atoms with Crippen LogP contribution in [0.3, 0.4) is 0 Å². The van der Waals surface area contributed by atoms with Crippen molar-refractivity contribution in [1.82, 2.24) is 15.3 Å². The number of ketones is 1. The molecular weight excluding hydrogens is 506 g/mol. The molecule has 4 aromatic rings. The first-order valence-corrected chi connectivity index (χ1v) is 15.4. The van der Waals surface area contributed by atoms with Crippen molar-refractivity contribution in [3.8, 4) is 0 Å². The van der Waals surface area contributed by atoms with Gasteiger partial charge in [0.15, 0.2) is 9.84 Å². The number of fused-ring (bicyclic) bond motifs is 1. The van der Waals surface area contributed by atoms with Gasteiger partial charge >= 0.3 is 0 Å². The molecule has 0 spiro atoms. The number of hydrogen-bond donors (Lipinski definition) is 1. The number of piperidine rings is 1. The molecule has 2 heterocycles. The van der Waals surface area contributed by atoms with Gasteiger partial charge < -0.3 is 5.32 Å². The Balaban J connectivity index is 1.07. The number of Topliss-reactive ketones (excluding diaryl/α,β-unsaturated/α-hetero) is 1. The molecule has 1 aliphatic heterocycles. The van der Waals surface area contributed by atoms with Crippen LogP contribution in [0.15, 0.2) is 78.0 Å². The van der Waals surface area contributed by atoms with Crippen LogP contribution in [0.4, 0.5) is 0 Å². The molecule has 0 radical (unpaired) electrons. The number of nitrogens with one attached hydrogen (secondary N) is 1. The van der Waals surface area contributed by atoms with Crippen molar-refractivity contribution in [3.63, 3.8) is 0 Å². The molecule has 0 unspecified atom stereocenters. The van der Waals surface area contributed by atoms with E-state index in [2.05, 4.69) is 52.5 Å². The van der Waals surface area contributed by atoms with Gasteiger partial charge in [0, 0.05) is 24.7 Å². The SMILES string of the molecule is Cc1cccc2ccc(CC(=O)[C@@H]3C[C@H]3c3ccc(S(=O)(=O)Cc4ncc(C5CCNCC5)cn4)cc3)cc12. The molecule has 1 N–H and O–H groups in total. The van der Waals surface area contributed by atoms with E-state index < -0.39 is 9.84 Å². The zero-order valence-electron chi connectivity index (χ0n) is 22.1. The van der Waals surface area contributed by atoms with Crippen LogP contribution in [-0.4, -0.2) is 37.3 Å². The molecule has 7 heteroatoms. The lowest BCUT2D eigenvalue weighted by molar-refractivity contribution is -0.119. The van der Waals surface area contributed by atoms with Gasteiger partial charge in [0.05, 0.1) is 4.90 Å². The molecular formula is C32H33N3O3S. The Hall–Kier alpha value is -3.42. The third-order valence-corrected chi connectivity index (χ3v) is 9.90. The molecule has 0 bridgehead atoms. The van der Waals surface area contributed by atoms with Crippen molar-refractivity contribution < 1.29 is 13.2 Å². The van der Waals surface area contributed by atoms with Gasteiger partial charge in [-0.2, -0.15) is 0 Å². The highest BCUT2D eigenvalue weighted by Gasteiger charge is 2.43. The number of nitrogens with zero attached hydrogens (tertiary/aromatic N) is 2. The second-order valence-electron chi connectivity index (χ2n) is 11.0. The van der Waals surface area contributed by atoms with Crippen molar-refractivity contribution >= 4 is 26.4 Å². The second-order valence-corrected chi connectivity index (χ2v) is 13.0. The van der Waals surface area contributed by atoms with Gasteiger partial charge in [-0.15, -0.1) is 0 Å². The maximum Gasteiger partial charge on any atom is 0.185 e. The van der Waals surface area contributed by atoms with E-state index in [4.69, 9.17) is 0 Å². The first-order chi connectivity index (χ1) is 18.9. The van der Waals surface area contributed by atoms with E-state index in [-0.39, 0.29) is 28.3 Å². The highest BCUT2D eigenvalue weighted by Crippen LogP contribution is 2.48. The number of carbonyl (C=O) groups is 1. The third kappa shape index (κ3) is 5.65. The Morgan fingerprint density at radius 1 is 0.949 bits per heavy atom. The number of sulfone groups is 1. The van der Waals surface area contributed by atoms with Crippen LogP contribution in [-0.2, 0) is 26.8 Å². The minimum atomic E-state index is -3.57. The number of aryl methyl sites for hydroxylation is 1. The molecule has 0 amide bonds. The van der Waals surface area contributed by atoms with E-state index in [1.54, 1.807) is 24.5 Å². The van der Waals surface area contributed by atoms with Gasteiger partial charge in [0.2, 0.25) is 0 Å². The van der Waals surface area contributed by atoms with Gasteiger partial charge in [0.25, 0.3) is 0 Å². The smallest absolute Gasteiger partial charge is 0.185 e. The van der Waals surface area contributed by atoms with Crippen LogP contribution in [0.1, 0.15) is 59.2 Å². The maximum absolute atomic E-state index is 13.0.